The predicted molar refractivity (Wildman–Crippen MR) is 97.6 cm³/mol. The van der Waals surface area contributed by atoms with Crippen molar-refractivity contribution in [2.75, 3.05) is 11.8 Å². The lowest BCUT2D eigenvalue weighted by atomic mass is 10.0. The van der Waals surface area contributed by atoms with Gasteiger partial charge in [-0.1, -0.05) is 26.0 Å². The topological polar surface area (TPSA) is 98.5 Å². The lowest BCUT2D eigenvalue weighted by Gasteiger charge is -2.17. The third-order valence-electron chi connectivity index (χ3n) is 3.88. The van der Waals surface area contributed by atoms with Crippen LogP contribution in [0.25, 0.3) is 0 Å². The Morgan fingerprint density at radius 3 is 2.40 bits per heavy atom. The number of amides is 1. The maximum absolute atomic E-state index is 12.9. The van der Waals surface area contributed by atoms with Gasteiger partial charge in [0.2, 0.25) is 0 Å². The number of anilines is 1. The van der Waals surface area contributed by atoms with E-state index >= 15 is 0 Å². The second kappa shape index (κ2) is 7.14. The quantitative estimate of drug-likeness (QED) is 0.825. The Hall–Kier alpha value is -2.54. The second-order valence-electron chi connectivity index (χ2n) is 6.03. The molecule has 3 N–H and O–H groups in total. The summed E-state index contributed by atoms with van der Waals surface area (Å²) in [4.78, 5) is 11.6. The highest BCUT2D eigenvalue weighted by atomic mass is 32.2. The molecule has 0 aliphatic carbocycles. The fourth-order valence-corrected chi connectivity index (χ4v) is 3.92. The van der Waals surface area contributed by atoms with Gasteiger partial charge in [-0.25, -0.2) is 8.42 Å². The number of nitrogens with two attached hydrogens (primary N) is 1. The number of aryl methyl sites for hydroxylation is 1. The van der Waals surface area contributed by atoms with E-state index in [1.165, 1.54) is 12.1 Å². The molecule has 1 amide bonds. The smallest absolute Gasteiger partial charge is 0.262 e. The van der Waals surface area contributed by atoms with Gasteiger partial charge in [0.25, 0.3) is 15.9 Å². The number of ether oxygens (including phenoxy) is 1. The molecule has 0 atom stereocenters. The minimum atomic E-state index is -3.89. The van der Waals surface area contributed by atoms with Gasteiger partial charge in [-0.05, 0) is 48.2 Å². The molecule has 0 saturated heterocycles. The van der Waals surface area contributed by atoms with E-state index in [-0.39, 0.29) is 22.1 Å². The van der Waals surface area contributed by atoms with E-state index in [1.54, 1.807) is 38.3 Å². The lowest BCUT2D eigenvalue weighted by Crippen LogP contribution is -2.19. The Morgan fingerprint density at radius 2 is 1.84 bits per heavy atom. The molecule has 0 fully saturated rings. The molecule has 134 valence electrons. The van der Waals surface area contributed by atoms with Crippen LogP contribution >= 0.6 is 0 Å². The number of nitrogens with one attached hydrogen (secondary N) is 1. The number of methoxy groups -OCH3 is 1. The molecule has 0 saturated carbocycles. The highest BCUT2D eigenvalue weighted by molar-refractivity contribution is 7.92. The summed E-state index contributed by atoms with van der Waals surface area (Å²) < 4.78 is 33.5. The standard InChI is InChI=1S/C18H22N2O4S/c1-11(2)14-10-17(12(3)9-16(14)24-4)25(22,23)20-15-8-6-5-7-13(15)18(19)21/h5-11,20H,1-4H3,(H2,19,21). The minimum Gasteiger partial charge on any atom is -0.496 e. The molecule has 6 nitrogen and oxygen atoms in total. The van der Waals surface area contributed by atoms with Crippen LogP contribution in [0.5, 0.6) is 5.75 Å². The van der Waals surface area contributed by atoms with Gasteiger partial charge in [0.15, 0.2) is 0 Å². The second-order valence-corrected chi connectivity index (χ2v) is 7.68. The molecule has 0 aliphatic rings. The average molecular weight is 362 g/mol. The van der Waals surface area contributed by atoms with E-state index in [4.69, 9.17) is 10.5 Å². The third-order valence-corrected chi connectivity index (χ3v) is 5.38. The van der Waals surface area contributed by atoms with Crippen molar-refractivity contribution in [2.45, 2.75) is 31.6 Å². The normalized spacial score (nSPS) is 11.4. The summed E-state index contributed by atoms with van der Waals surface area (Å²) in [6.45, 7) is 5.61. The van der Waals surface area contributed by atoms with Crippen molar-refractivity contribution in [2.24, 2.45) is 5.73 Å². The summed E-state index contributed by atoms with van der Waals surface area (Å²) in [5, 5.41) is 0. The van der Waals surface area contributed by atoms with Crippen LogP contribution in [0.15, 0.2) is 41.3 Å². The zero-order valence-electron chi connectivity index (χ0n) is 14.7. The Morgan fingerprint density at radius 1 is 1.20 bits per heavy atom. The van der Waals surface area contributed by atoms with Crippen molar-refractivity contribution in [1.82, 2.24) is 0 Å². The number of sulfonamides is 1. The molecular weight excluding hydrogens is 340 g/mol. The maximum Gasteiger partial charge on any atom is 0.262 e. The van der Waals surface area contributed by atoms with Crippen molar-refractivity contribution < 1.29 is 17.9 Å². The number of hydrogen-bond donors (Lipinski definition) is 2. The lowest BCUT2D eigenvalue weighted by molar-refractivity contribution is 0.100. The number of carbonyl (C=O) groups excluding carboxylic acids is 1. The van der Waals surface area contributed by atoms with E-state index in [1.807, 2.05) is 13.8 Å². The average Bonchev–Trinajstić information content (AvgIpc) is 2.53. The SMILES string of the molecule is COc1cc(C)c(S(=O)(=O)Nc2ccccc2C(N)=O)cc1C(C)C. The molecular formula is C18H22N2O4S. The van der Waals surface area contributed by atoms with Gasteiger partial charge in [0.05, 0.1) is 23.3 Å². The Kier molecular flexibility index (Phi) is 5.37. The van der Waals surface area contributed by atoms with Crippen LogP contribution in [-0.4, -0.2) is 21.4 Å². The van der Waals surface area contributed by atoms with Crippen LogP contribution in [0.2, 0.25) is 0 Å². The number of benzene rings is 2. The molecule has 2 aromatic rings. The van der Waals surface area contributed by atoms with Crippen molar-refractivity contribution in [3.63, 3.8) is 0 Å². The van der Waals surface area contributed by atoms with Crippen LogP contribution in [0.3, 0.4) is 0 Å². The van der Waals surface area contributed by atoms with Crippen molar-refractivity contribution in [3.05, 3.63) is 53.1 Å². The first kappa shape index (κ1) is 18.8. The molecule has 0 radical (unpaired) electrons. The Balaban J connectivity index is 2.54. The van der Waals surface area contributed by atoms with Crippen LogP contribution in [0, 0.1) is 6.92 Å². The van der Waals surface area contributed by atoms with Gasteiger partial charge in [-0.3, -0.25) is 9.52 Å². The first-order valence-electron chi connectivity index (χ1n) is 7.77. The monoisotopic (exact) mass is 362 g/mol. The molecule has 2 rings (SSSR count). The minimum absolute atomic E-state index is 0.0856. The summed E-state index contributed by atoms with van der Waals surface area (Å²) in [5.74, 6) is 0.0269. The molecule has 0 spiro atoms. The van der Waals surface area contributed by atoms with Crippen molar-refractivity contribution in [1.29, 1.82) is 0 Å². The van der Waals surface area contributed by atoms with Gasteiger partial charge < -0.3 is 10.5 Å². The highest BCUT2D eigenvalue weighted by Crippen LogP contribution is 2.32. The van der Waals surface area contributed by atoms with Crippen molar-refractivity contribution >= 4 is 21.6 Å². The molecule has 25 heavy (non-hydrogen) atoms. The fraction of sp³-hybridized carbons (Fsp3) is 0.278. The van der Waals surface area contributed by atoms with Gasteiger partial charge in [-0.15, -0.1) is 0 Å². The number of carbonyl (C=O) groups is 1. The van der Waals surface area contributed by atoms with E-state index in [2.05, 4.69) is 4.72 Å². The van der Waals surface area contributed by atoms with E-state index in [9.17, 15) is 13.2 Å². The molecule has 7 heteroatoms. The fourth-order valence-electron chi connectivity index (χ4n) is 2.58. The van der Waals surface area contributed by atoms with Gasteiger partial charge in [-0.2, -0.15) is 0 Å². The summed E-state index contributed by atoms with van der Waals surface area (Å²) in [5.41, 5.74) is 6.91. The number of para-hydroxylation sites is 1. The van der Waals surface area contributed by atoms with Crippen molar-refractivity contribution in [3.8, 4) is 5.75 Å². The van der Waals surface area contributed by atoms with Crippen LogP contribution in [0.4, 0.5) is 5.69 Å². The molecule has 2 aromatic carbocycles. The van der Waals surface area contributed by atoms with Crippen LogP contribution < -0.4 is 15.2 Å². The van der Waals surface area contributed by atoms with Gasteiger partial charge >= 0.3 is 0 Å². The van der Waals surface area contributed by atoms with Gasteiger partial charge in [0, 0.05) is 0 Å². The van der Waals surface area contributed by atoms with E-state index in [0.29, 0.717) is 11.3 Å². The number of rotatable bonds is 6. The van der Waals surface area contributed by atoms with Crippen LogP contribution in [-0.2, 0) is 10.0 Å². The number of primary amides is 1. The van der Waals surface area contributed by atoms with Gasteiger partial charge in [0.1, 0.15) is 5.75 Å². The molecule has 0 bridgehead atoms. The molecule has 0 aliphatic heterocycles. The van der Waals surface area contributed by atoms with Crippen LogP contribution in [0.1, 0.15) is 41.3 Å². The molecule has 0 heterocycles. The summed E-state index contributed by atoms with van der Waals surface area (Å²) in [7, 11) is -2.34. The highest BCUT2D eigenvalue weighted by Gasteiger charge is 2.22. The third kappa shape index (κ3) is 3.93. The summed E-state index contributed by atoms with van der Waals surface area (Å²) in [6.07, 6.45) is 0. The first-order valence-corrected chi connectivity index (χ1v) is 9.26. The summed E-state index contributed by atoms with van der Waals surface area (Å²) in [6, 6.07) is 9.52. The van der Waals surface area contributed by atoms with E-state index < -0.39 is 15.9 Å². The first-order chi connectivity index (χ1) is 11.7. The zero-order valence-corrected chi connectivity index (χ0v) is 15.5. The predicted octanol–water partition coefficient (Wildman–Crippen LogP) is 3.03. The Bertz CT molecular complexity index is 905. The summed E-state index contributed by atoms with van der Waals surface area (Å²) >= 11 is 0. The zero-order chi connectivity index (χ0) is 18.8. The maximum atomic E-state index is 12.9. The number of hydrogen-bond acceptors (Lipinski definition) is 4. The van der Waals surface area contributed by atoms with E-state index in [0.717, 1.165) is 5.56 Å². The largest absolute Gasteiger partial charge is 0.496 e. The molecule has 0 aromatic heterocycles. The Labute approximate surface area is 148 Å². The molecule has 0 unspecified atom stereocenters.